The minimum absolute atomic E-state index is 0.0692. The van der Waals surface area contributed by atoms with Crippen molar-refractivity contribution >= 4 is 23.5 Å². The first kappa shape index (κ1) is 12.8. The Labute approximate surface area is 107 Å². The smallest absolute Gasteiger partial charge is 0.332 e. The summed E-state index contributed by atoms with van der Waals surface area (Å²) in [4.78, 5) is 37.4. The number of fused-ring (bicyclic) bond motifs is 1. The Bertz CT molecular complexity index is 542. The molecule has 1 aliphatic heterocycles. The molecule has 0 fully saturated rings. The molecular formula is C11H10N2O6. The van der Waals surface area contributed by atoms with Crippen LogP contribution in [0.25, 0.3) is 0 Å². The van der Waals surface area contributed by atoms with E-state index in [1.807, 2.05) is 5.48 Å². The number of rotatable bonds is 4. The molecule has 2 rings (SSSR count). The molecule has 0 bridgehead atoms. The van der Waals surface area contributed by atoms with Crippen LogP contribution in [0, 0.1) is 0 Å². The van der Waals surface area contributed by atoms with Gasteiger partial charge in [0.2, 0.25) is 0 Å². The Kier molecular flexibility index (Phi) is 3.62. The van der Waals surface area contributed by atoms with Crippen LogP contribution in [-0.2, 0) is 14.4 Å². The van der Waals surface area contributed by atoms with Crippen LogP contribution in [0.1, 0.15) is 10.4 Å². The fourth-order valence-electron chi connectivity index (χ4n) is 1.45. The topological polar surface area (TPSA) is 114 Å². The second-order valence-electron chi connectivity index (χ2n) is 3.66. The number of ether oxygens (including phenoxy) is 1. The number of carbonyl (C=O) groups is 3. The molecule has 100 valence electrons. The fourth-order valence-corrected chi connectivity index (χ4v) is 1.45. The summed E-state index contributed by atoms with van der Waals surface area (Å²) in [6.45, 7) is -0.712. The molecule has 0 aromatic heterocycles. The quantitative estimate of drug-likeness (QED) is 0.648. The van der Waals surface area contributed by atoms with Crippen molar-refractivity contribution in [3.63, 3.8) is 0 Å². The van der Waals surface area contributed by atoms with Crippen LogP contribution in [0.3, 0.4) is 0 Å². The van der Waals surface area contributed by atoms with E-state index in [-0.39, 0.29) is 18.1 Å². The summed E-state index contributed by atoms with van der Waals surface area (Å²) < 4.78 is 5.13. The second-order valence-corrected chi connectivity index (χ2v) is 3.66. The molecule has 0 spiro atoms. The molecule has 19 heavy (non-hydrogen) atoms. The van der Waals surface area contributed by atoms with Gasteiger partial charge in [0, 0.05) is 5.56 Å². The molecule has 8 nitrogen and oxygen atoms in total. The molecule has 0 aliphatic carbocycles. The largest absolute Gasteiger partial charge is 0.482 e. The maximum Gasteiger partial charge on any atom is 0.332 e. The standard InChI is InChI=1S/C11H10N2O6/c14-9-4-18-8-2-1-6(3-7(8)12-9)11(17)13-19-5-10(15)16/h1-3H,4-5H2,(H,12,14)(H,13,17)(H,15,16). The number of amides is 2. The number of benzene rings is 1. The van der Waals surface area contributed by atoms with Crippen molar-refractivity contribution in [2.75, 3.05) is 18.5 Å². The van der Waals surface area contributed by atoms with Gasteiger partial charge in [-0.25, -0.2) is 10.3 Å². The number of nitrogens with one attached hydrogen (secondary N) is 2. The van der Waals surface area contributed by atoms with Crippen LogP contribution in [0.2, 0.25) is 0 Å². The van der Waals surface area contributed by atoms with Gasteiger partial charge in [0.25, 0.3) is 11.8 Å². The lowest BCUT2D eigenvalue weighted by molar-refractivity contribution is -0.144. The van der Waals surface area contributed by atoms with Gasteiger partial charge in [-0.2, -0.15) is 0 Å². The minimum Gasteiger partial charge on any atom is -0.482 e. The van der Waals surface area contributed by atoms with E-state index < -0.39 is 18.5 Å². The number of hydrogen-bond acceptors (Lipinski definition) is 5. The highest BCUT2D eigenvalue weighted by molar-refractivity contribution is 5.99. The van der Waals surface area contributed by atoms with Crippen LogP contribution in [0.15, 0.2) is 18.2 Å². The lowest BCUT2D eigenvalue weighted by Crippen LogP contribution is -2.28. The van der Waals surface area contributed by atoms with E-state index in [2.05, 4.69) is 10.2 Å². The zero-order valence-electron chi connectivity index (χ0n) is 9.63. The average Bonchev–Trinajstić information content (AvgIpc) is 2.37. The van der Waals surface area contributed by atoms with Crippen molar-refractivity contribution in [1.82, 2.24) is 5.48 Å². The van der Waals surface area contributed by atoms with Crippen LogP contribution < -0.4 is 15.5 Å². The summed E-state index contributed by atoms with van der Waals surface area (Å²) in [5.74, 6) is -1.68. The first-order valence-corrected chi connectivity index (χ1v) is 5.27. The molecule has 1 aromatic carbocycles. The zero-order valence-corrected chi connectivity index (χ0v) is 9.63. The zero-order chi connectivity index (χ0) is 13.8. The molecule has 2 amide bonds. The fraction of sp³-hybridized carbons (Fsp3) is 0.182. The van der Waals surface area contributed by atoms with Gasteiger partial charge in [0.15, 0.2) is 13.2 Å². The molecule has 8 heteroatoms. The first-order valence-electron chi connectivity index (χ1n) is 5.27. The van der Waals surface area contributed by atoms with E-state index in [4.69, 9.17) is 9.84 Å². The van der Waals surface area contributed by atoms with E-state index in [0.29, 0.717) is 11.4 Å². The van der Waals surface area contributed by atoms with Gasteiger partial charge in [0.1, 0.15) is 5.75 Å². The van der Waals surface area contributed by atoms with Crippen molar-refractivity contribution in [2.45, 2.75) is 0 Å². The molecule has 1 aliphatic rings. The van der Waals surface area contributed by atoms with E-state index in [9.17, 15) is 14.4 Å². The maximum absolute atomic E-state index is 11.6. The third kappa shape index (κ3) is 3.19. The molecule has 0 saturated carbocycles. The van der Waals surface area contributed by atoms with Crippen molar-refractivity contribution in [3.8, 4) is 5.75 Å². The van der Waals surface area contributed by atoms with E-state index in [0.717, 1.165) is 0 Å². The molecule has 0 radical (unpaired) electrons. The molecular weight excluding hydrogens is 256 g/mol. The number of hydroxylamine groups is 1. The van der Waals surface area contributed by atoms with E-state index in [1.54, 1.807) is 0 Å². The number of anilines is 1. The maximum atomic E-state index is 11.6. The predicted molar refractivity (Wildman–Crippen MR) is 61.6 cm³/mol. The van der Waals surface area contributed by atoms with Crippen molar-refractivity contribution < 1.29 is 29.1 Å². The second kappa shape index (κ2) is 5.36. The third-order valence-corrected chi connectivity index (χ3v) is 2.24. The summed E-state index contributed by atoms with van der Waals surface area (Å²) in [7, 11) is 0. The number of carbonyl (C=O) groups excluding carboxylic acids is 2. The van der Waals surface area contributed by atoms with Gasteiger partial charge in [0.05, 0.1) is 5.69 Å². The van der Waals surface area contributed by atoms with Gasteiger partial charge in [-0.15, -0.1) is 0 Å². The summed E-state index contributed by atoms with van der Waals surface area (Å²) in [5.41, 5.74) is 2.56. The average molecular weight is 266 g/mol. The highest BCUT2D eigenvalue weighted by Gasteiger charge is 2.17. The van der Waals surface area contributed by atoms with Crippen molar-refractivity contribution in [3.05, 3.63) is 23.8 Å². The van der Waals surface area contributed by atoms with Gasteiger partial charge in [-0.1, -0.05) is 0 Å². The van der Waals surface area contributed by atoms with Crippen LogP contribution in [0.5, 0.6) is 5.75 Å². The normalized spacial score (nSPS) is 12.9. The number of carboxylic acids is 1. The third-order valence-electron chi connectivity index (χ3n) is 2.24. The van der Waals surface area contributed by atoms with E-state index >= 15 is 0 Å². The van der Waals surface area contributed by atoms with Crippen LogP contribution in [0.4, 0.5) is 5.69 Å². The van der Waals surface area contributed by atoms with Gasteiger partial charge in [-0.3, -0.25) is 14.4 Å². The minimum atomic E-state index is -1.20. The molecule has 1 aromatic rings. The monoisotopic (exact) mass is 266 g/mol. The van der Waals surface area contributed by atoms with Crippen molar-refractivity contribution in [1.29, 1.82) is 0 Å². The Morgan fingerprint density at radius 2 is 2.26 bits per heavy atom. The van der Waals surface area contributed by atoms with Gasteiger partial charge < -0.3 is 15.2 Å². The van der Waals surface area contributed by atoms with Gasteiger partial charge in [-0.05, 0) is 18.2 Å². The van der Waals surface area contributed by atoms with Crippen molar-refractivity contribution in [2.24, 2.45) is 0 Å². The van der Waals surface area contributed by atoms with Crippen LogP contribution >= 0.6 is 0 Å². The number of aliphatic carboxylic acids is 1. The van der Waals surface area contributed by atoms with Crippen LogP contribution in [-0.4, -0.2) is 36.1 Å². The summed E-state index contributed by atoms with van der Waals surface area (Å²) >= 11 is 0. The summed E-state index contributed by atoms with van der Waals surface area (Å²) in [6.07, 6.45) is 0. The SMILES string of the molecule is O=C(O)CONC(=O)c1ccc2c(c1)NC(=O)CO2. The summed E-state index contributed by atoms with van der Waals surface area (Å²) in [5, 5.41) is 10.9. The molecule has 0 atom stereocenters. The van der Waals surface area contributed by atoms with E-state index in [1.165, 1.54) is 18.2 Å². The Morgan fingerprint density at radius 1 is 1.47 bits per heavy atom. The molecule has 0 saturated heterocycles. The highest BCUT2D eigenvalue weighted by Crippen LogP contribution is 2.28. The Morgan fingerprint density at radius 3 is 3.00 bits per heavy atom. The molecule has 1 heterocycles. The molecule has 0 unspecified atom stereocenters. The predicted octanol–water partition coefficient (Wildman–Crippen LogP) is -0.237. The number of hydrogen-bond donors (Lipinski definition) is 3. The number of carboxylic acid groups (broad SMARTS) is 1. The molecule has 3 N–H and O–H groups in total. The lowest BCUT2D eigenvalue weighted by atomic mass is 10.1. The summed E-state index contributed by atoms with van der Waals surface area (Å²) in [6, 6.07) is 4.41. The highest BCUT2D eigenvalue weighted by atomic mass is 16.7. The van der Waals surface area contributed by atoms with Gasteiger partial charge >= 0.3 is 5.97 Å². The Hall–Kier alpha value is -2.61. The first-order chi connectivity index (χ1) is 9.06. The Balaban J connectivity index is 2.04. The lowest BCUT2D eigenvalue weighted by Gasteiger charge is -2.18.